The molecule has 0 amide bonds. The summed E-state index contributed by atoms with van der Waals surface area (Å²) in [6, 6.07) is 7.60. The van der Waals surface area contributed by atoms with Gasteiger partial charge in [0.15, 0.2) is 5.16 Å². The fourth-order valence-corrected chi connectivity index (χ4v) is 4.22. The Morgan fingerprint density at radius 3 is 2.67 bits per heavy atom. The lowest BCUT2D eigenvalue weighted by atomic mass is 9.89. The van der Waals surface area contributed by atoms with Crippen molar-refractivity contribution in [1.82, 2.24) is 24.9 Å². The number of ether oxygens (including phenoxy) is 1. The molecule has 142 valence electrons. The van der Waals surface area contributed by atoms with Gasteiger partial charge in [0.1, 0.15) is 11.6 Å². The summed E-state index contributed by atoms with van der Waals surface area (Å²) in [5.41, 5.74) is 0.897. The van der Waals surface area contributed by atoms with Crippen LogP contribution in [0.1, 0.15) is 49.7 Å². The van der Waals surface area contributed by atoms with Crippen LogP contribution >= 0.6 is 11.8 Å². The molecule has 1 aromatic carbocycles. The van der Waals surface area contributed by atoms with Crippen LogP contribution in [0.25, 0.3) is 11.4 Å². The van der Waals surface area contributed by atoms with E-state index < -0.39 is 0 Å². The third kappa shape index (κ3) is 4.00. The van der Waals surface area contributed by atoms with E-state index in [1.165, 1.54) is 32.1 Å². The maximum absolute atomic E-state index is 5.39. The fraction of sp³-hybridized carbons (Fsp3) is 0.474. The van der Waals surface area contributed by atoms with Gasteiger partial charge in [-0.25, -0.2) is 0 Å². The fourth-order valence-electron chi connectivity index (χ4n) is 3.47. The second-order valence-electron chi connectivity index (χ2n) is 6.76. The molecule has 0 spiro atoms. The molecule has 8 heteroatoms. The van der Waals surface area contributed by atoms with Crippen LogP contribution in [0, 0.1) is 0 Å². The minimum Gasteiger partial charge on any atom is -0.497 e. The van der Waals surface area contributed by atoms with E-state index in [2.05, 4.69) is 24.9 Å². The van der Waals surface area contributed by atoms with E-state index in [4.69, 9.17) is 9.26 Å². The van der Waals surface area contributed by atoms with Crippen LogP contribution in [0.15, 0.2) is 33.9 Å². The number of benzene rings is 1. The van der Waals surface area contributed by atoms with Gasteiger partial charge in [-0.15, -0.1) is 10.2 Å². The van der Waals surface area contributed by atoms with E-state index in [0.717, 1.165) is 22.3 Å². The summed E-state index contributed by atoms with van der Waals surface area (Å²) >= 11 is 1.57. The molecule has 2 heterocycles. The Balaban J connectivity index is 1.40. The Bertz CT molecular complexity index is 884. The second-order valence-corrected chi connectivity index (χ2v) is 7.71. The molecule has 2 aromatic heterocycles. The van der Waals surface area contributed by atoms with E-state index in [-0.39, 0.29) is 0 Å². The lowest BCUT2D eigenvalue weighted by Gasteiger charge is -2.20. The van der Waals surface area contributed by atoms with Crippen molar-refractivity contribution in [1.29, 1.82) is 0 Å². The Labute approximate surface area is 162 Å². The number of thioether (sulfide) groups is 1. The first kappa shape index (κ1) is 18.0. The Morgan fingerprint density at radius 2 is 1.93 bits per heavy atom. The molecule has 0 unspecified atom stereocenters. The lowest BCUT2D eigenvalue weighted by molar-refractivity contribution is 0.391. The highest BCUT2D eigenvalue weighted by Gasteiger charge is 2.22. The number of hydrogen-bond donors (Lipinski definition) is 0. The smallest absolute Gasteiger partial charge is 0.237 e. The lowest BCUT2D eigenvalue weighted by Crippen LogP contribution is -2.10. The van der Waals surface area contributed by atoms with E-state index in [9.17, 15) is 0 Å². The highest BCUT2D eigenvalue weighted by Crippen LogP contribution is 2.33. The van der Waals surface area contributed by atoms with Crippen molar-refractivity contribution in [3.8, 4) is 17.1 Å². The maximum atomic E-state index is 5.39. The molecule has 0 N–H and O–H groups in total. The molecule has 1 saturated carbocycles. The van der Waals surface area contributed by atoms with Crippen molar-refractivity contribution >= 4 is 11.8 Å². The first-order valence-corrected chi connectivity index (χ1v) is 10.2. The summed E-state index contributed by atoms with van der Waals surface area (Å²) in [6.45, 7) is 0. The van der Waals surface area contributed by atoms with Crippen LogP contribution in [0.4, 0.5) is 0 Å². The topological polar surface area (TPSA) is 78.9 Å². The largest absolute Gasteiger partial charge is 0.497 e. The summed E-state index contributed by atoms with van der Waals surface area (Å²) in [4.78, 5) is 4.48. The molecular formula is C19H23N5O2S. The van der Waals surface area contributed by atoms with Gasteiger partial charge in [-0.05, 0) is 37.1 Å². The summed E-state index contributed by atoms with van der Waals surface area (Å²) < 4.78 is 12.7. The number of methoxy groups -OCH3 is 1. The molecule has 4 rings (SSSR count). The van der Waals surface area contributed by atoms with E-state index >= 15 is 0 Å². The SMILES string of the molecule is COc1ccc(-c2noc(CSc3nnc(C4CCCCC4)n3C)n2)cc1. The Hall–Kier alpha value is -2.35. The predicted octanol–water partition coefficient (Wildman–Crippen LogP) is 4.21. The average molecular weight is 385 g/mol. The molecule has 3 aromatic rings. The molecule has 1 fully saturated rings. The highest BCUT2D eigenvalue weighted by atomic mass is 32.2. The molecule has 0 bridgehead atoms. The quantitative estimate of drug-likeness (QED) is 0.588. The number of aromatic nitrogens is 5. The van der Waals surface area contributed by atoms with Crippen LogP contribution in [-0.4, -0.2) is 32.0 Å². The Morgan fingerprint density at radius 1 is 1.15 bits per heavy atom. The molecule has 0 saturated heterocycles. The predicted molar refractivity (Wildman–Crippen MR) is 103 cm³/mol. The first-order chi connectivity index (χ1) is 13.2. The maximum Gasteiger partial charge on any atom is 0.237 e. The van der Waals surface area contributed by atoms with E-state index in [1.807, 2.05) is 31.3 Å². The van der Waals surface area contributed by atoms with Gasteiger partial charge in [0.2, 0.25) is 11.7 Å². The van der Waals surface area contributed by atoms with Crippen molar-refractivity contribution in [2.75, 3.05) is 7.11 Å². The minimum atomic E-state index is 0.538. The van der Waals surface area contributed by atoms with Crippen molar-refractivity contribution in [2.24, 2.45) is 7.05 Å². The molecule has 0 atom stereocenters. The molecular weight excluding hydrogens is 362 g/mol. The highest BCUT2D eigenvalue weighted by molar-refractivity contribution is 7.98. The molecule has 0 radical (unpaired) electrons. The van der Waals surface area contributed by atoms with Gasteiger partial charge < -0.3 is 13.8 Å². The summed E-state index contributed by atoms with van der Waals surface area (Å²) in [6.07, 6.45) is 6.34. The third-order valence-corrected chi connectivity index (χ3v) is 5.98. The molecule has 1 aliphatic carbocycles. The van der Waals surface area contributed by atoms with E-state index in [1.54, 1.807) is 18.9 Å². The van der Waals surface area contributed by atoms with Crippen molar-refractivity contribution in [2.45, 2.75) is 48.9 Å². The number of nitrogens with zero attached hydrogens (tertiary/aromatic N) is 5. The zero-order valence-electron chi connectivity index (χ0n) is 15.6. The van der Waals surface area contributed by atoms with Crippen molar-refractivity contribution in [3.05, 3.63) is 36.0 Å². The zero-order chi connectivity index (χ0) is 18.6. The zero-order valence-corrected chi connectivity index (χ0v) is 16.4. The van der Waals surface area contributed by atoms with Crippen molar-refractivity contribution < 1.29 is 9.26 Å². The number of hydrogen-bond acceptors (Lipinski definition) is 7. The van der Waals surface area contributed by atoms with Crippen LogP contribution in [0.2, 0.25) is 0 Å². The van der Waals surface area contributed by atoms with E-state index in [0.29, 0.717) is 23.4 Å². The number of rotatable bonds is 6. The van der Waals surface area contributed by atoms with Crippen molar-refractivity contribution in [3.63, 3.8) is 0 Å². The van der Waals surface area contributed by atoms with Gasteiger partial charge in [0.05, 0.1) is 12.9 Å². The van der Waals surface area contributed by atoms with Crippen LogP contribution in [-0.2, 0) is 12.8 Å². The van der Waals surface area contributed by atoms with Gasteiger partial charge in [-0.2, -0.15) is 4.98 Å². The molecule has 27 heavy (non-hydrogen) atoms. The normalized spacial score (nSPS) is 15.2. The molecule has 1 aliphatic rings. The summed E-state index contributed by atoms with van der Waals surface area (Å²) in [7, 11) is 3.69. The van der Waals surface area contributed by atoms with Crippen LogP contribution in [0.5, 0.6) is 5.75 Å². The summed E-state index contributed by atoms with van der Waals surface area (Å²) in [5.74, 6) is 4.16. The molecule has 7 nitrogen and oxygen atoms in total. The van der Waals surface area contributed by atoms with Gasteiger partial charge in [0, 0.05) is 18.5 Å². The van der Waals surface area contributed by atoms with Gasteiger partial charge in [0.25, 0.3) is 0 Å². The molecule has 0 aliphatic heterocycles. The average Bonchev–Trinajstić information content (AvgIpc) is 3.34. The summed E-state index contributed by atoms with van der Waals surface area (Å²) in [5, 5.41) is 13.8. The Kier molecular flexibility index (Phi) is 5.42. The van der Waals surface area contributed by atoms with Crippen LogP contribution in [0.3, 0.4) is 0 Å². The monoisotopic (exact) mass is 385 g/mol. The standard InChI is InChI=1S/C19H23N5O2S/c1-24-18(14-6-4-3-5-7-14)21-22-19(24)27-12-16-20-17(23-26-16)13-8-10-15(25-2)11-9-13/h8-11,14H,3-7,12H2,1-2H3. The minimum absolute atomic E-state index is 0.538. The first-order valence-electron chi connectivity index (χ1n) is 9.23. The third-order valence-electron chi connectivity index (χ3n) is 4.98. The van der Waals surface area contributed by atoms with Gasteiger partial charge in [-0.1, -0.05) is 36.2 Å². The second kappa shape index (κ2) is 8.12. The van der Waals surface area contributed by atoms with Crippen LogP contribution < -0.4 is 4.74 Å². The van der Waals surface area contributed by atoms with Gasteiger partial charge >= 0.3 is 0 Å². The van der Waals surface area contributed by atoms with Gasteiger partial charge in [-0.3, -0.25) is 0 Å².